The minimum absolute atomic E-state index is 0.366. The van der Waals surface area contributed by atoms with Gasteiger partial charge in [0, 0.05) is 25.2 Å². The van der Waals surface area contributed by atoms with Gasteiger partial charge in [0.25, 0.3) is 0 Å². The molecule has 0 amide bonds. The van der Waals surface area contributed by atoms with Crippen molar-refractivity contribution >= 4 is 0 Å². The monoisotopic (exact) mass is 296 g/mol. The lowest BCUT2D eigenvalue weighted by molar-refractivity contribution is -0.0935. The van der Waals surface area contributed by atoms with Crippen LogP contribution in [0.15, 0.2) is 0 Å². The van der Waals surface area contributed by atoms with Crippen molar-refractivity contribution in [3.05, 3.63) is 0 Å². The fraction of sp³-hybridized carbons (Fsp3) is 1.00. The molecule has 0 aromatic rings. The van der Waals surface area contributed by atoms with E-state index in [2.05, 4.69) is 51.9 Å². The Bertz CT molecular complexity index is 321. The first-order chi connectivity index (χ1) is 9.87. The van der Waals surface area contributed by atoms with E-state index in [0.717, 1.165) is 19.0 Å². The van der Waals surface area contributed by atoms with Gasteiger partial charge in [0.15, 0.2) is 0 Å². The van der Waals surface area contributed by atoms with Crippen molar-refractivity contribution in [2.45, 2.75) is 84.6 Å². The van der Waals surface area contributed by atoms with Gasteiger partial charge in [0.2, 0.25) is 0 Å². The Morgan fingerprint density at radius 2 is 1.76 bits per heavy atom. The Hall–Kier alpha value is -0.120. The van der Waals surface area contributed by atoms with Crippen LogP contribution in [0.3, 0.4) is 0 Å². The maximum Gasteiger partial charge on any atom is 0.0678 e. The van der Waals surface area contributed by atoms with Crippen molar-refractivity contribution in [2.24, 2.45) is 11.3 Å². The molecule has 1 saturated carbocycles. The zero-order valence-corrected chi connectivity index (χ0v) is 15.0. The summed E-state index contributed by atoms with van der Waals surface area (Å²) in [6, 6.07) is 1.32. The van der Waals surface area contributed by atoms with Crippen LogP contribution in [0.2, 0.25) is 0 Å². The average Bonchev–Trinajstić information content (AvgIpc) is 2.45. The van der Waals surface area contributed by atoms with Gasteiger partial charge in [-0.25, -0.2) is 0 Å². The molecule has 5 atom stereocenters. The molecule has 1 aliphatic heterocycles. The van der Waals surface area contributed by atoms with E-state index in [9.17, 15) is 0 Å². The van der Waals surface area contributed by atoms with Crippen LogP contribution in [0, 0.1) is 11.3 Å². The molecule has 124 valence electrons. The van der Waals surface area contributed by atoms with Gasteiger partial charge in [0.1, 0.15) is 0 Å². The quantitative estimate of drug-likeness (QED) is 0.861. The number of nitrogens with zero attached hydrogens (tertiary/aromatic N) is 1. The molecule has 0 bridgehead atoms. The molecule has 1 heterocycles. The first kappa shape index (κ1) is 17.2. The van der Waals surface area contributed by atoms with Crippen LogP contribution >= 0.6 is 0 Å². The lowest BCUT2D eigenvalue weighted by Crippen LogP contribution is -2.59. The van der Waals surface area contributed by atoms with Crippen molar-refractivity contribution in [2.75, 3.05) is 20.1 Å². The van der Waals surface area contributed by atoms with Gasteiger partial charge < -0.3 is 10.1 Å². The third kappa shape index (κ3) is 4.00. The van der Waals surface area contributed by atoms with Gasteiger partial charge in [-0.3, -0.25) is 4.90 Å². The standard InChI is InChI=1S/C18H36N2O/c1-7-18(4,5)15-8-9-16(19-6)17(10-15)20-11-13(2)21-14(3)12-20/h13-17,19H,7-12H2,1-6H3/t13-,14+,15?,16?,17?. The molecular formula is C18H36N2O. The normalized spacial score (nSPS) is 39.4. The Labute approximate surface area is 131 Å². The van der Waals surface area contributed by atoms with Crippen LogP contribution in [-0.2, 0) is 4.74 Å². The molecule has 0 aromatic carbocycles. The largest absolute Gasteiger partial charge is 0.373 e. The van der Waals surface area contributed by atoms with Crippen LogP contribution in [0.5, 0.6) is 0 Å². The zero-order valence-electron chi connectivity index (χ0n) is 15.0. The fourth-order valence-corrected chi connectivity index (χ4v) is 4.37. The fourth-order valence-electron chi connectivity index (χ4n) is 4.37. The second-order valence-corrected chi connectivity index (χ2v) is 8.03. The van der Waals surface area contributed by atoms with Crippen LogP contribution < -0.4 is 5.32 Å². The van der Waals surface area contributed by atoms with Crippen molar-refractivity contribution in [1.29, 1.82) is 0 Å². The molecular weight excluding hydrogens is 260 g/mol. The molecule has 1 saturated heterocycles. The SMILES string of the molecule is CCC(C)(C)C1CCC(NC)C(N2C[C@@H](C)O[C@@H](C)C2)C1. The number of morpholine rings is 1. The lowest BCUT2D eigenvalue weighted by Gasteiger charge is -2.49. The lowest BCUT2D eigenvalue weighted by atomic mass is 9.67. The van der Waals surface area contributed by atoms with E-state index in [0.29, 0.717) is 29.7 Å². The average molecular weight is 296 g/mol. The van der Waals surface area contributed by atoms with E-state index in [4.69, 9.17) is 4.74 Å². The predicted molar refractivity (Wildman–Crippen MR) is 89.6 cm³/mol. The van der Waals surface area contributed by atoms with Gasteiger partial charge in [-0.15, -0.1) is 0 Å². The summed E-state index contributed by atoms with van der Waals surface area (Å²) >= 11 is 0. The highest BCUT2D eigenvalue weighted by Crippen LogP contribution is 2.42. The van der Waals surface area contributed by atoms with Crippen LogP contribution in [0.4, 0.5) is 0 Å². The van der Waals surface area contributed by atoms with E-state index in [-0.39, 0.29) is 0 Å². The molecule has 3 heteroatoms. The number of hydrogen-bond donors (Lipinski definition) is 1. The maximum absolute atomic E-state index is 5.93. The van der Waals surface area contributed by atoms with Crippen molar-refractivity contribution in [1.82, 2.24) is 10.2 Å². The molecule has 2 aliphatic rings. The Morgan fingerprint density at radius 3 is 2.29 bits per heavy atom. The van der Waals surface area contributed by atoms with Crippen molar-refractivity contribution < 1.29 is 4.74 Å². The maximum atomic E-state index is 5.93. The summed E-state index contributed by atoms with van der Waals surface area (Å²) in [4.78, 5) is 2.71. The summed E-state index contributed by atoms with van der Waals surface area (Å²) in [6.45, 7) is 13.9. The van der Waals surface area contributed by atoms with E-state index in [1.165, 1.54) is 25.7 Å². The topological polar surface area (TPSA) is 24.5 Å². The first-order valence-corrected chi connectivity index (χ1v) is 8.94. The summed E-state index contributed by atoms with van der Waals surface area (Å²) in [7, 11) is 2.14. The number of ether oxygens (including phenoxy) is 1. The van der Waals surface area contributed by atoms with Crippen LogP contribution in [0.25, 0.3) is 0 Å². The van der Waals surface area contributed by atoms with E-state index in [1.807, 2.05) is 0 Å². The second kappa shape index (κ2) is 6.97. The summed E-state index contributed by atoms with van der Waals surface area (Å²) < 4.78 is 5.93. The summed E-state index contributed by atoms with van der Waals surface area (Å²) in [5.74, 6) is 0.852. The third-order valence-corrected chi connectivity index (χ3v) is 6.12. The van der Waals surface area contributed by atoms with Gasteiger partial charge in [0.05, 0.1) is 12.2 Å². The van der Waals surface area contributed by atoms with Crippen LogP contribution in [0.1, 0.15) is 60.3 Å². The van der Waals surface area contributed by atoms with E-state index in [1.54, 1.807) is 0 Å². The number of rotatable bonds is 4. The van der Waals surface area contributed by atoms with Gasteiger partial charge >= 0.3 is 0 Å². The van der Waals surface area contributed by atoms with Crippen molar-refractivity contribution in [3.8, 4) is 0 Å². The Morgan fingerprint density at radius 1 is 1.14 bits per heavy atom. The number of likely N-dealkylation sites (N-methyl/N-ethyl adjacent to an activating group) is 1. The Balaban J connectivity index is 2.09. The predicted octanol–water partition coefficient (Wildman–Crippen LogP) is 3.29. The van der Waals surface area contributed by atoms with Crippen LogP contribution in [-0.4, -0.2) is 49.3 Å². The second-order valence-electron chi connectivity index (χ2n) is 8.03. The minimum Gasteiger partial charge on any atom is -0.373 e. The van der Waals surface area contributed by atoms with E-state index >= 15 is 0 Å². The van der Waals surface area contributed by atoms with Gasteiger partial charge in [-0.2, -0.15) is 0 Å². The van der Waals surface area contributed by atoms with Gasteiger partial charge in [-0.05, 0) is 51.5 Å². The molecule has 0 aromatic heterocycles. The molecule has 1 aliphatic carbocycles. The highest BCUT2D eigenvalue weighted by atomic mass is 16.5. The molecule has 2 rings (SSSR count). The number of hydrogen-bond acceptors (Lipinski definition) is 3. The molecule has 1 N–H and O–H groups in total. The number of nitrogens with one attached hydrogen (secondary N) is 1. The van der Waals surface area contributed by atoms with Crippen molar-refractivity contribution in [3.63, 3.8) is 0 Å². The highest BCUT2D eigenvalue weighted by Gasteiger charge is 2.40. The Kier molecular flexibility index (Phi) is 5.72. The molecule has 0 radical (unpaired) electrons. The highest BCUT2D eigenvalue weighted by molar-refractivity contribution is 4.96. The molecule has 21 heavy (non-hydrogen) atoms. The molecule has 3 unspecified atom stereocenters. The zero-order chi connectivity index (χ0) is 15.6. The van der Waals surface area contributed by atoms with E-state index < -0.39 is 0 Å². The molecule has 3 nitrogen and oxygen atoms in total. The molecule has 0 spiro atoms. The summed E-state index contributed by atoms with van der Waals surface area (Å²) in [5, 5.41) is 3.59. The third-order valence-electron chi connectivity index (χ3n) is 6.12. The summed E-state index contributed by atoms with van der Waals surface area (Å²) in [6.07, 6.45) is 6.04. The summed E-state index contributed by atoms with van der Waals surface area (Å²) in [5.41, 5.74) is 0.473. The smallest absolute Gasteiger partial charge is 0.0678 e. The first-order valence-electron chi connectivity index (χ1n) is 8.94. The molecule has 2 fully saturated rings. The minimum atomic E-state index is 0.366. The van der Waals surface area contributed by atoms with Gasteiger partial charge in [-0.1, -0.05) is 27.2 Å².